The van der Waals surface area contributed by atoms with Crippen molar-refractivity contribution in [3.63, 3.8) is 0 Å². The zero-order chi connectivity index (χ0) is 23.7. The fraction of sp³-hybridized carbons (Fsp3) is 0.619. The van der Waals surface area contributed by atoms with Crippen LogP contribution >= 0.6 is 0 Å². The summed E-state index contributed by atoms with van der Waals surface area (Å²) in [6, 6.07) is 0. The molecule has 0 amide bonds. The molecule has 0 heterocycles. The predicted octanol–water partition coefficient (Wildman–Crippen LogP) is 5.88. The molecule has 5 heteroatoms. The first kappa shape index (κ1) is 56.5. The molecule has 0 spiro atoms. The van der Waals surface area contributed by atoms with E-state index >= 15 is 0 Å². The van der Waals surface area contributed by atoms with Gasteiger partial charge in [-0.05, 0) is 54.5 Å². The molecule has 0 aliphatic heterocycles. The van der Waals surface area contributed by atoms with Gasteiger partial charge in [-0.25, -0.2) is 4.79 Å². The molecule has 0 rings (SSSR count). The van der Waals surface area contributed by atoms with Gasteiger partial charge in [0.2, 0.25) is 0 Å². The van der Waals surface area contributed by atoms with Crippen LogP contribution in [0.4, 0.5) is 0 Å². The summed E-state index contributed by atoms with van der Waals surface area (Å²) >= 11 is 0. The topological polar surface area (TPSA) is 85.3 Å². The fourth-order valence-electron chi connectivity index (χ4n) is 0. The van der Waals surface area contributed by atoms with Gasteiger partial charge in [0, 0.05) is 0 Å². The number of allylic oxidation sites excluding steroid dienone is 3. The molecule has 0 saturated heterocycles. The molecule has 0 aromatic heterocycles. The van der Waals surface area contributed by atoms with Crippen molar-refractivity contribution in [2.75, 3.05) is 0 Å². The Morgan fingerprint density at radius 2 is 0.538 bits per heavy atom. The van der Waals surface area contributed by atoms with E-state index in [1.54, 1.807) is 12.9 Å². The van der Waals surface area contributed by atoms with Gasteiger partial charge in [-0.1, -0.05) is 53.7 Å². The molecule has 0 unspecified atom stereocenters. The lowest BCUT2D eigenvalue weighted by molar-refractivity contribution is -0.106. The van der Waals surface area contributed by atoms with Crippen molar-refractivity contribution < 1.29 is 24.0 Å². The molecule has 0 aromatic rings. The maximum Gasteiger partial charge on any atom is 0.119 e. The van der Waals surface area contributed by atoms with Gasteiger partial charge < -0.3 is 19.2 Å². The second-order valence-electron chi connectivity index (χ2n) is 2.02. The van der Waals surface area contributed by atoms with Gasteiger partial charge in [-0.2, -0.15) is 0 Å². The number of rotatable bonds is 0. The molecule has 0 fully saturated rings. The number of aldehydes is 4. The summed E-state index contributed by atoms with van der Waals surface area (Å²) in [5, 5.41) is 0. The second kappa shape index (κ2) is 317. The number of hydrogen-bond donors (Lipinski definition) is 0. The molecule has 0 radical (unpaired) electrons. The van der Waals surface area contributed by atoms with E-state index in [9.17, 15) is 0 Å². The monoisotopic (exact) mass is 378 g/mol. The molecule has 0 aliphatic rings. The molecular formula is C21H46O5. The summed E-state index contributed by atoms with van der Waals surface area (Å²) < 4.78 is 0. The quantitative estimate of drug-likeness (QED) is 0.298. The Morgan fingerprint density at radius 1 is 0.462 bits per heavy atom. The van der Waals surface area contributed by atoms with Crippen LogP contribution in [0.5, 0.6) is 0 Å². The smallest absolute Gasteiger partial charge is 0.119 e. The molecule has 0 aromatic carbocycles. The van der Waals surface area contributed by atoms with Crippen molar-refractivity contribution in [2.24, 2.45) is 0 Å². The minimum absolute atomic E-state index is 0.750. The molecular weight excluding hydrogens is 332 g/mol. The third-order valence-electron chi connectivity index (χ3n) is 0.451. The average molecular weight is 379 g/mol. The van der Waals surface area contributed by atoms with Crippen LogP contribution in [0.15, 0.2) is 18.2 Å². The second-order valence-corrected chi connectivity index (χ2v) is 2.02. The average Bonchev–Trinajstić information content (AvgIpc) is 2.69. The van der Waals surface area contributed by atoms with Crippen LogP contribution in [-0.4, -0.2) is 31.1 Å². The normalized spacial score (nSPS) is 4.81. The predicted molar refractivity (Wildman–Crippen MR) is 117 cm³/mol. The highest BCUT2D eigenvalue weighted by Gasteiger charge is 1.34. The largest absolute Gasteiger partial charge is 0.304 e. The van der Waals surface area contributed by atoms with E-state index in [-0.39, 0.29) is 0 Å². The Bertz CT molecular complexity index is 201. The SMILES string of the molecule is CC.CC.CC.CC=C=O.CC=CC.CC=O.CC=O.CC=O.CC=O. The van der Waals surface area contributed by atoms with E-state index in [0.717, 1.165) is 25.1 Å². The summed E-state index contributed by atoms with van der Waals surface area (Å²) in [5.74, 6) is 1.56. The number of carbonyl (C=O) groups is 4. The summed E-state index contributed by atoms with van der Waals surface area (Å²) in [6.45, 7) is 23.4. The highest BCUT2D eigenvalue weighted by Crippen LogP contribution is 1.57. The maximum absolute atomic E-state index is 8.99. The Kier molecular flexibility index (Phi) is 689. The van der Waals surface area contributed by atoms with Gasteiger partial charge in [0.1, 0.15) is 31.1 Å². The van der Waals surface area contributed by atoms with Crippen LogP contribution in [0, 0.1) is 0 Å². The standard InChI is InChI=1S/C4H8.C3H4O.4C2H4O.3C2H6/c1-3-4-2;1-2-3-4;4*1-2-3;3*1-2/h3-4H,1-2H3;2H,1H3;4*2H,1H3;3*1-2H3. The van der Waals surface area contributed by atoms with Gasteiger partial charge in [-0.3, -0.25) is 0 Å². The molecule has 160 valence electrons. The lowest BCUT2D eigenvalue weighted by Crippen LogP contribution is -1.36. The maximum atomic E-state index is 8.99. The van der Waals surface area contributed by atoms with Crippen molar-refractivity contribution in [3.8, 4) is 0 Å². The molecule has 5 nitrogen and oxygen atoms in total. The molecule has 26 heavy (non-hydrogen) atoms. The first-order valence-electron chi connectivity index (χ1n) is 8.81. The van der Waals surface area contributed by atoms with E-state index in [4.69, 9.17) is 24.0 Å². The zero-order valence-corrected chi connectivity index (χ0v) is 19.6. The van der Waals surface area contributed by atoms with E-state index in [1.165, 1.54) is 33.8 Å². The number of carbonyl (C=O) groups excluding carboxylic acids is 5. The van der Waals surface area contributed by atoms with Gasteiger partial charge in [-0.15, -0.1) is 0 Å². The number of hydrogen-bond acceptors (Lipinski definition) is 5. The van der Waals surface area contributed by atoms with Gasteiger partial charge >= 0.3 is 0 Å². The zero-order valence-electron chi connectivity index (χ0n) is 19.6. The van der Waals surface area contributed by atoms with Crippen molar-refractivity contribution in [1.29, 1.82) is 0 Å². The summed E-state index contributed by atoms with van der Waals surface area (Å²) in [4.78, 5) is 44.2. The van der Waals surface area contributed by atoms with Crippen molar-refractivity contribution in [3.05, 3.63) is 18.2 Å². The fourth-order valence-corrected chi connectivity index (χ4v) is 0. The van der Waals surface area contributed by atoms with Gasteiger partial charge in [0.15, 0.2) is 0 Å². The van der Waals surface area contributed by atoms with Crippen LogP contribution in [0.3, 0.4) is 0 Å². The third kappa shape index (κ3) is 564000. The van der Waals surface area contributed by atoms with Gasteiger partial charge in [0.05, 0.1) is 0 Å². The van der Waals surface area contributed by atoms with E-state index in [1.807, 2.05) is 67.5 Å². The first-order chi connectivity index (χ1) is 12.5. The van der Waals surface area contributed by atoms with Crippen molar-refractivity contribution >= 4 is 31.1 Å². The Hall–Kier alpha value is -2.13. The summed E-state index contributed by atoms with van der Waals surface area (Å²) in [7, 11) is 0. The molecule has 0 atom stereocenters. The lowest BCUT2D eigenvalue weighted by Gasteiger charge is -1.49. The van der Waals surface area contributed by atoms with Crippen molar-refractivity contribution in [1.82, 2.24) is 0 Å². The molecule has 0 bridgehead atoms. The van der Waals surface area contributed by atoms with E-state index < -0.39 is 0 Å². The van der Waals surface area contributed by atoms with Crippen LogP contribution in [-0.2, 0) is 24.0 Å². The minimum Gasteiger partial charge on any atom is -0.304 e. The highest BCUT2D eigenvalue weighted by atomic mass is 16.1. The van der Waals surface area contributed by atoms with E-state index in [2.05, 4.69) is 0 Å². The van der Waals surface area contributed by atoms with Crippen LogP contribution in [0.1, 0.15) is 90.0 Å². The van der Waals surface area contributed by atoms with Crippen LogP contribution in [0.2, 0.25) is 0 Å². The van der Waals surface area contributed by atoms with E-state index in [0.29, 0.717) is 0 Å². The van der Waals surface area contributed by atoms with Crippen LogP contribution < -0.4 is 0 Å². The molecule has 0 aliphatic carbocycles. The third-order valence-corrected chi connectivity index (χ3v) is 0.451. The Balaban J connectivity index is -0.0000000181. The first-order valence-corrected chi connectivity index (χ1v) is 8.81. The Labute approximate surface area is 164 Å². The minimum atomic E-state index is 0.750. The Morgan fingerprint density at radius 3 is 0.538 bits per heavy atom. The van der Waals surface area contributed by atoms with Crippen LogP contribution in [0.25, 0.3) is 0 Å². The highest BCUT2D eigenvalue weighted by molar-refractivity contribution is 5.45. The summed E-state index contributed by atoms with van der Waals surface area (Å²) in [6.07, 6.45) is 8.32. The summed E-state index contributed by atoms with van der Waals surface area (Å²) in [5.41, 5.74) is 0. The molecule has 0 saturated carbocycles. The molecule has 0 N–H and O–H groups in total. The van der Waals surface area contributed by atoms with Crippen molar-refractivity contribution in [2.45, 2.75) is 90.0 Å². The lowest BCUT2D eigenvalue weighted by atomic mass is 10.6. The van der Waals surface area contributed by atoms with Gasteiger partial charge in [0.25, 0.3) is 0 Å².